The Balaban J connectivity index is 2.67. The van der Waals surface area contributed by atoms with Crippen LogP contribution in [0, 0.1) is 5.92 Å². The molecule has 1 unspecified atom stereocenters. The van der Waals surface area contributed by atoms with Gasteiger partial charge in [0.1, 0.15) is 0 Å². The number of likely N-dealkylation sites (N-methyl/N-ethyl adjacent to an activating group) is 1. The van der Waals surface area contributed by atoms with Gasteiger partial charge < -0.3 is 15.5 Å². The lowest BCUT2D eigenvalue weighted by molar-refractivity contribution is -0.145. The van der Waals surface area contributed by atoms with E-state index in [2.05, 4.69) is 0 Å². The number of amides is 2. The Bertz CT molecular complexity index is 319. The fraction of sp³-hybridized carbons (Fsp3) is 0.700. The van der Waals surface area contributed by atoms with Gasteiger partial charge in [-0.05, 0) is 6.42 Å². The fourth-order valence-electron chi connectivity index (χ4n) is 1.66. The van der Waals surface area contributed by atoms with E-state index in [1.807, 2.05) is 6.92 Å². The first-order chi connectivity index (χ1) is 7.47. The maximum Gasteiger partial charge on any atom is 0.241 e. The van der Waals surface area contributed by atoms with Gasteiger partial charge in [0.2, 0.25) is 11.8 Å². The molecule has 1 atom stereocenters. The van der Waals surface area contributed by atoms with Crippen molar-refractivity contribution in [2.75, 3.05) is 26.7 Å². The number of hydrogen-bond acceptors (Lipinski definition) is 3. The van der Waals surface area contributed by atoms with Crippen molar-refractivity contribution in [3.05, 3.63) is 0 Å². The summed E-state index contributed by atoms with van der Waals surface area (Å²) in [5, 5.41) is 0. The van der Waals surface area contributed by atoms with Gasteiger partial charge in [-0.25, -0.2) is 0 Å². The fourth-order valence-corrected chi connectivity index (χ4v) is 1.93. The number of hydrogen-bond donors (Lipinski definition) is 1. The second-order valence-electron chi connectivity index (χ2n) is 3.94. The maximum absolute atomic E-state index is 12.0. The molecule has 90 valence electrons. The molecule has 1 saturated heterocycles. The molecule has 1 fully saturated rings. The molecule has 0 bridgehead atoms. The zero-order valence-electron chi connectivity index (χ0n) is 9.60. The quantitative estimate of drug-likeness (QED) is 0.685. The Morgan fingerprint density at radius 2 is 2.19 bits per heavy atom. The molecular weight excluding hydrogens is 226 g/mol. The van der Waals surface area contributed by atoms with Crippen LogP contribution in [0.15, 0.2) is 0 Å². The largest absolute Gasteiger partial charge is 0.393 e. The molecule has 0 aromatic heterocycles. The zero-order valence-corrected chi connectivity index (χ0v) is 10.4. The topological polar surface area (TPSA) is 66.6 Å². The third-order valence-electron chi connectivity index (χ3n) is 2.82. The summed E-state index contributed by atoms with van der Waals surface area (Å²) in [6, 6.07) is 0. The van der Waals surface area contributed by atoms with Crippen LogP contribution in [0.5, 0.6) is 0 Å². The highest BCUT2D eigenvalue weighted by atomic mass is 32.1. The van der Waals surface area contributed by atoms with Crippen LogP contribution in [0.3, 0.4) is 0 Å². The Labute approximate surface area is 101 Å². The number of carbonyl (C=O) groups excluding carboxylic acids is 2. The molecule has 1 rings (SSSR count). The third-order valence-corrected chi connectivity index (χ3v) is 3.10. The lowest BCUT2D eigenvalue weighted by Gasteiger charge is -2.33. The maximum atomic E-state index is 12.0. The van der Waals surface area contributed by atoms with Gasteiger partial charge in [-0.15, -0.1) is 0 Å². The molecule has 1 aliphatic heterocycles. The highest BCUT2D eigenvalue weighted by Gasteiger charge is 2.30. The molecule has 0 aliphatic carbocycles. The van der Waals surface area contributed by atoms with Crippen LogP contribution in [0.2, 0.25) is 0 Å². The molecule has 2 N–H and O–H groups in total. The summed E-state index contributed by atoms with van der Waals surface area (Å²) in [5.74, 6) is -0.611. The van der Waals surface area contributed by atoms with Crippen LogP contribution in [-0.4, -0.2) is 53.3 Å². The minimum absolute atomic E-state index is 0.0441. The smallest absolute Gasteiger partial charge is 0.241 e. The number of carbonyl (C=O) groups is 2. The minimum Gasteiger partial charge on any atom is -0.393 e. The Morgan fingerprint density at radius 3 is 2.62 bits per heavy atom. The molecule has 6 heteroatoms. The van der Waals surface area contributed by atoms with Gasteiger partial charge in [-0.3, -0.25) is 9.59 Å². The zero-order chi connectivity index (χ0) is 12.3. The van der Waals surface area contributed by atoms with Crippen LogP contribution >= 0.6 is 12.2 Å². The van der Waals surface area contributed by atoms with E-state index in [0.717, 1.165) is 0 Å². The summed E-state index contributed by atoms with van der Waals surface area (Å²) < 4.78 is 0. The van der Waals surface area contributed by atoms with Gasteiger partial charge in [0.25, 0.3) is 0 Å². The Hall–Kier alpha value is -1.17. The lowest BCUT2D eigenvalue weighted by Crippen LogP contribution is -2.53. The van der Waals surface area contributed by atoms with Gasteiger partial charge in [0.05, 0.1) is 17.5 Å². The van der Waals surface area contributed by atoms with E-state index in [4.69, 9.17) is 18.0 Å². The van der Waals surface area contributed by atoms with E-state index in [0.29, 0.717) is 19.5 Å². The standard InChI is InChI=1S/C10H17N3O2S/c1-3-7(9(11)16)10(15)13-5-4-12(2)8(14)6-13/h7H,3-6H2,1-2H3,(H2,11,16). The van der Waals surface area contributed by atoms with Crippen molar-refractivity contribution in [3.63, 3.8) is 0 Å². The van der Waals surface area contributed by atoms with Crippen LogP contribution in [0.1, 0.15) is 13.3 Å². The second kappa shape index (κ2) is 5.25. The Kier molecular flexibility index (Phi) is 4.23. The lowest BCUT2D eigenvalue weighted by atomic mass is 10.0. The van der Waals surface area contributed by atoms with Crippen molar-refractivity contribution in [2.24, 2.45) is 11.7 Å². The molecule has 0 aromatic carbocycles. The van der Waals surface area contributed by atoms with Crippen molar-refractivity contribution >= 4 is 29.0 Å². The molecule has 0 radical (unpaired) electrons. The molecule has 5 nitrogen and oxygen atoms in total. The molecule has 0 saturated carbocycles. The van der Waals surface area contributed by atoms with E-state index in [1.54, 1.807) is 11.9 Å². The number of piperazine rings is 1. The van der Waals surface area contributed by atoms with Crippen LogP contribution in [0.4, 0.5) is 0 Å². The highest BCUT2D eigenvalue weighted by Crippen LogP contribution is 2.11. The summed E-state index contributed by atoms with van der Waals surface area (Å²) >= 11 is 4.85. The predicted molar refractivity (Wildman–Crippen MR) is 64.8 cm³/mol. The van der Waals surface area contributed by atoms with Crippen molar-refractivity contribution in [1.82, 2.24) is 9.80 Å². The average molecular weight is 243 g/mol. The highest BCUT2D eigenvalue weighted by molar-refractivity contribution is 7.80. The molecule has 1 heterocycles. The van der Waals surface area contributed by atoms with E-state index < -0.39 is 5.92 Å². The van der Waals surface area contributed by atoms with Gasteiger partial charge >= 0.3 is 0 Å². The normalized spacial score (nSPS) is 18.5. The van der Waals surface area contributed by atoms with E-state index >= 15 is 0 Å². The summed E-state index contributed by atoms with van der Waals surface area (Å²) in [6.45, 7) is 3.12. The number of rotatable bonds is 3. The SMILES string of the molecule is CCC(C(=O)N1CCN(C)C(=O)C1)C(N)=S. The van der Waals surface area contributed by atoms with Crippen LogP contribution in [-0.2, 0) is 9.59 Å². The monoisotopic (exact) mass is 243 g/mol. The van der Waals surface area contributed by atoms with E-state index in [-0.39, 0.29) is 23.3 Å². The van der Waals surface area contributed by atoms with Crippen LogP contribution in [0.25, 0.3) is 0 Å². The van der Waals surface area contributed by atoms with Crippen molar-refractivity contribution < 1.29 is 9.59 Å². The van der Waals surface area contributed by atoms with E-state index in [1.165, 1.54) is 4.90 Å². The molecule has 2 amide bonds. The van der Waals surface area contributed by atoms with E-state index in [9.17, 15) is 9.59 Å². The second-order valence-corrected chi connectivity index (χ2v) is 4.41. The minimum atomic E-state index is -0.439. The number of nitrogens with two attached hydrogens (primary N) is 1. The van der Waals surface area contributed by atoms with Crippen LogP contribution < -0.4 is 5.73 Å². The van der Waals surface area contributed by atoms with Crippen molar-refractivity contribution in [3.8, 4) is 0 Å². The van der Waals surface area contributed by atoms with Crippen molar-refractivity contribution in [1.29, 1.82) is 0 Å². The summed E-state index contributed by atoms with van der Waals surface area (Å²) in [5.41, 5.74) is 5.51. The van der Waals surface area contributed by atoms with Gasteiger partial charge in [0.15, 0.2) is 0 Å². The number of nitrogens with zero attached hydrogens (tertiary/aromatic N) is 2. The first-order valence-corrected chi connectivity index (χ1v) is 5.70. The summed E-state index contributed by atoms with van der Waals surface area (Å²) in [7, 11) is 1.73. The number of thiocarbonyl (C=S) groups is 1. The predicted octanol–water partition coefficient (Wildman–Crippen LogP) is -0.401. The summed E-state index contributed by atoms with van der Waals surface area (Å²) in [4.78, 5) is 26.8. The molecular formula is C10H17N3O2S. The molecule has 0 spiro atoms. The third kappa shape index (κ3) is 2.69. The molecule has 0 aromatic rings. The molecule has 16 heavy (non-hydrogen) atoms. The Morgan fingerprint density at radius 1 is 1.56 bits per heavy atom. The first-order valence-electron chi connectivity index (χ1n) is 5.29. The van der Waals surface area contributed by atoms with Gasteiger partial charge in [-0.2, -0.15) is 0 Å². The van der Waals surface area contributed by atoms with Gasteiger partial charge in [0, 0.05) is 20.1 Å². The first kappa shape index (κ1) is 12.9. The van der Waals surface area contributed by atoms with Gasteiger partial charge in [-0.1, -0.05) is 19.1 Å². The average Bonchev–Trinajstić information content (AvgIpc) is 2.22. The van der Waals surface area contributed by atoms with Crippen molar-refractivity contribution in [2.45, 2.75) is 13.3 Å². The molecule has 1 aliphatic rings. The summed E-state index contributed by atoms with van der Waals surface area (Å²) in [6.07, 6.45) is 0.578.